The molecule has 0 aromatic rings. The molecule has 1 atom stereocenters. The van der Waals surface area contributed by atoms with Crippen molar-refractivity contribution < 1.29 is 0 Å². The van der Waals surface area contributed by atoms with Crippen molar-refractivity contribution in [1.29, 1.82) is 0 Å². The molecule has 0 spiro atoms. The Kier molecular flexibility index (Phi) is 2.20. The van der Waals surface area contributed by atoms with Gasteiger partial charge in [0.25, 0.3) is 0 Å². The lowest BCUT2D eigenvalue weighted by molar-refractivity contribution is 0.505. The Morgan fingerprint density at radius 3 is 1.83 bits per heavy atom. The van der Waals surface area contributed by atoms with Gasteiger partial charge in [0.05, 0.1) is 0 Å². The fourth-order valence-electron chi connectivity index (χ4n) is 2.31. The standard InChI is InChI=1S/C12H20/c1-8-7-9(2)11(10(8)3)12(4,5)6/h7-8H,1-6H3. The third kappa shape index (κ3) is 1.48. The van der Waals surface area contributed by atoms with Crippen molar-refractivity contribution >= 4 is 0 Å². The summed E-state index contributed by atoms with van der Waals surface area (Å²) >= 11 is 0. The molecule has 0 aliphatic heterocycles. The van der Waals surface area contributed by atoms with Gasteiger partial charge in [0, 0.05) is 0 Å². The monoisotopic (exact) mass is 164 g/mol. The van der Waals surface area contributed by atoms with E-state index in [1.54, 1.807) is 11.1 Å². The summed E-state index contributed by atoms with van der Waals surface area (Å²) in [6, 6.07) is 0. The van der Waals surface area contributed by atoms with Crippen molar-refractivity contribution in [3.8, 4) is 0 Å². The summed E-state index contributed by atoms with van der Waals surface area (Å²) < 4.78 is 0. The maximum Gasteiger partial charge on any atom is -0.00425 e. The van der Waals surface area contributed by atoms with Gasteiger partial charge in [-0.25, -0.2) is 0 Å². The summed E-state index contributed by atoms with van der Waals surface area (Å²) in [6.45, 7) is 13.6. The first-order valence-corrected chi connectivity index (χ1v) is 4.74. The van der Waals surface area contributed by atoms with Gasteiger partial charge < -0.3 is 0 Å². The first-order valence-electron chi connectivity index (χ1n) is 4.74. The van der Waals surface area contributed by atoms with E-state index in [-0.39, 0.29) is 0 Å². The lowest BCUT2D eigenvalue weighted by atomic mass is 9.81. The SMILES string of the molecule is CC1=CC(C)C(C)=C1C(C)(C)C. The highest BCUT2D eigenvalue weighted by Gasteiger charge is 2.26. The normalized spacial score (nSPS) is 24.8. The van der Waals surface area contributed by atoms with Gasteiger partial charge in [-0.05, 0) is 30.8 Å². The molecule has 1 aliphatic carbocycles. The Morgan fingerprint density at radius 2 is 1.67 bits per heavy atom. The molecule has 0 fully saturated rings. The lowest BCUT2D eigenvalue weighted by Gasteiger charge is -2.23. The van der Waals surface area contributed by atoms with Crippen LogP contribution in [0.4, 0.5) is 0 Å². The van der Waals surface area contributed by atoms with Crippen LogP contribution in [0.1, 0.15) is 41.5 Å². The molecule has 0 saturated heterocycles. The molecule has 1 aliphatic rings. The molecule has 0 N–H and O–H groups in total. The highest BCUT2D eigenvalue weighted by Crippen LogP contribution is 2.41. The van der Waals surface area contributed by atoms with E-state index in [0.29, 0.717) is 11.3 Å². The molecule has 0 amide bonds. The maximum atomic E-state index is 2.37. The summed E-state index contributed by atoms with van der Waals surface area (Å²) in [5, 5.41) is 0. The van der Waals surface area contributed by atoms with E-state index in [4.69, 9.17) is 0 Å². The van der Waals surface area contributed by atoms with Gasteiger partial charge in [-0.3, -0.25) is 0 Å². The zero-order valence-corrected chi connectivity index (χ0v) is 9.15. The molecule has 0 aromatic carbocycles. The molecular weight excluding hydrogens is 144 g/mol. The van der Waals surface area contributed by atoms with Crippen molar-refractivity contribution in [3.63, 3.8) is 0 Å². The van der Waals surface area contributed by atoms with E-state index in [1.165, 1.54) is 5.57 Å². The van der Waals surface area contributed by atoms with Crippen LogP contribution >= 0.6 is 0 Å². The number of allylic oxidation sites excluding steroid dienone is 4. The Bertz CT molecular complexity index is 246. The van der Waals surface area contributed by atoms with Gasteiger partial charge in [-0.2, -0.15) is 0 Å². The number of hydrogen-bond acceptors (Lipinski definition) is 0. The predicted octanol–water partition coefficient (Wildman–Crippen LogP) is 3.95. The van der Waals surface area contributed by atoms with Gasteiger partial charge in [-0.15, -0.1) is 0 Å². The van der Waals surface area contributed by atoms with Crippen LogP contribution in [0.15, 0.2) is 22.8 Å². The van der Waals surface area contributed by atoms with Gasteiger partial charge in [0.15, 0.2) is 0 Å². The van der Waals surface area contributed by atoms with Crippen molar-refractivity contribution in [2.24, 2.45) is 11.3 Å². The van der Waals surface area contributed by atoms with Gasteiger partial charge in [0.1, 0.15) is 0 Å². The second kappa shape index (κ2) is 2.76. The molecule has 0 heterocycles. The minimum atomic E-state index is 0.315. The molecule has 0 heteroatoms. The van der Waals surface area contributed by atoms with Crippen molar-refractivity contribution in [2.75, 3.05) is 0 Å². The molecule has 0 saturated carbocycles. The van der Waals surface area contributed by atoms with Crippen LogP contribution in [0.25, 0.3) is 0 Å². The zero-order valence-electron chi connectivity index (χ0n) is 9.15. The Balaban J connectivity index is 3.12. The lowest BCUT2D eigenvalue weighted by Crippen LogP contribution is -2.10. The van der Waals surface area contributed by atoms with Crippen LogP contribution < -0.4 is 0 Å². The Labute approximate surface area is 76.4 Å². The second-order valence-electron chi connectivity index (χ2n) is 4.95. The van der Waals surface area contributed by atoms with Gasteiger partial charge in [-0.1, -0.05) is 44.9 Å². The highest BCUT2D eigenvalue weighted by molar-refractivity contribution is 5.45. The average Bonchev–Trinajstić information content (AvgIpc) is 2.05. The van der Waals surface area contributed by atoms with Crippen molar-refractivity contribution in [1.82, 2.24) is 0 Å². The first kappa shape index (κ1) is 9.57. The van der Waals surface area contributed by atoms with E-state index >= 15 is 0 Å². The van der Waals surface area contributed by atoms with Crippen LogP contribution in [0.5, 0.6) is 0 Å². The van der Waals surface area contributed by atoms with E-state index < -0.39 is 0 Å². The summed E-state index contributed by atoms with van der Waals surface area (Å²) in [4.78, 5) is 0. The van der Waals surface area contributed by atoms with E-state index in [0.717, 1.165) is 0 Å². The third-order valence-corrected chi connectivity index (χ3v) is 2.72. The zero-order chi connectivity index (χ0) is 9.52. The summed E-state index contributed by atoms with van der Waals surface area (Å²) in [5.74, 6) is 0.652. The van der Waals surface area contributed by atoms with Crippen LogP contribution in [-0.2, 0) is 0 Å². The number of rotatable bonds is 0. The van der Waals surface area contributed by atoms with Gasteiger partial charge in [0.2, 0.25) is 0 Å². The van der Waals surface area contributed by atoms with E-state index in [1.807, 2.05) is 0 Å². The molecule has 0 bridgehead atoms. The molecule has 0 nitrogen and oxygen atoms in total. The second-order valence-corrected chi connectivity index (χ2v) is 4.95. The smallest absolute Gasteiger partial charge is 0.00425 e. The highest BCUT2D eigenvalue weighted by atomic mass is 14.3. The largest absolute Gasteiger partial charge is 0.0744 e. The predicted molar refractivity (Wildman–Crippen MR) is 55.1 cm³/mol. The fourth-order valence-corrected chi connectivity index (χ4v) is 2.31. The Hall–Kier alpha value is -0.520. The summed E-state index contributed by atoms with van der Waals surface area (Å²) in [5.41, 5.74) is 4.91. The third-order valence-electron chi connectivity index (χ3n) is 2.72. The van der Waals surface area contributed by atoms with E-state index in [2.05, 4.69) is 47.6 Å². The molecule has 0 aromatic heterocycles. The number of hydrogen-bond donors (Lipinski definition) is 0. The Morgan fingerprint density at radius 1 is 1.17 bits per heavy atom. The van der Waals surface area contributed by atoms with Gasteiger partial charge >= 0.3 is 0 Å². The average molecular weight is 164 g/mol. The van der Waals surface area contributed by atoms with E-state index in [9.17, 15) is 0 Å². The molecular formula is C12H20. The summed E-state index contributed by atoms with van der Waals surface area (Å²) in [6.07, 6.45) is 2.37. The van der Waals surface area contributed by atoms with Crippen molar-refractivity contribution in [3.05, 3.63) is 22.8 Å². The van der Waals surface area contributed by atoms with Crippen LogP contribution in [-0.4, -0.2) is 0 Å². The minimum absolute atomic E-state index is 0.315. The summed E-state index contributed by atoms with van der Waals surface area (Å²) in [7, 11) is 0. The molecule has 12 heavy (non-hydrogen) atoms. The minimum Gasteiger partial charge on any atom is -0.0744 e. The van der Waals surface area contributed by atoms with Crippen LogP contribution in [0, 0.1) is 11.3 Å². The quantitative estimate of drug-likeness (QED) is 0.508. The maximum absolute atomic E-state index is 2.37. The first-order chi connectivity index (χ1) is 5.34. The molecule has 68 valence electrons. The molecule has 1 unspecified atom stereocenters. The molecule has 0 radical (unpaired) electrons. The van der Waals surface area contributed by atoms with Crippen LogP contribution in [0.2, 0.25) is 0 Å². The molecule has 1 rings (SSSR count). The van der Waals surface area contributed by atoms with Crippen molar-refractivity contribution in [2.45, 2.75) is 41.5 Å². The fraction of sp³-hybridized carbons (Fsp3) is 0.667. The van der Waals surface area contributed by atoms with Crippen LogP contribution in [0.3, 0.4) is 0 Å². The topological polar surface area (TPSA) is 0 Å².